The monoisotopic (exact) mass is 299 g/mol. The largest absolute Gasteiger partial charge is 0.493 e. The molecule has 0 atom stereocenters. The van der Waals surface area contributed by atoms with Gasteiger partial charge < -0.3 is 19.2 Å². The number of anilines is 1. The van der Waals surface area contributed by atoms with E-state index in [2.05, 4.69) is 15.3 Å². The molecular formula is C15H13N3O4. The van der Waals surface area contributed by atoms with Crippen LogP contribution in [0.3, 0.4) is 0 Å². The van der Waals surface area contributed by atoms with Gasteiger partial charge in [-0.1, -0.05) is 12.1 Å². The molecule has 2 heterocycles. The summed E-state index contributed by atoms with van der Waals surface area (Å²) in [4.78, 5) is 20.1. The number of benzene rings is 1. The molecule has 0 saturated carbocycles. The molecule has 1 amide bonds. The van der Waals surface area contributed by atoms with Crippen LogP contribution in [0.1, 0.15) is 10.6 Å². The number of carbonyl (C=O) groups is 1. The minimum absolute atomic E-state index is 0.164. The highest BCUT2D eigenvalue weighted by Gasteiger charge is 2.15. The van der Waals surface area contributed by atoms with Crippen molar-refractivity contribution in [1.29, 1.82) is 0 Å². The number of furan rings is 1. The van der Waals surface area contributed by atoms with Crippen LogP contribution in [0.5, 0.6) is 11.6 Å². The van der Waals surface area contributed by atoms with Gasteiger partial charge in [-0.3, -0.25) is 4.79 Å². The summed E-state index contributed by atoms with van der Waals surface area (Å²) in [5, 5.41) is 3.41. The average Bonchev–Trinajstić information content (AvgIpc) is 2.99. The number of hydrogen-bond donors (Lipinski definition) is 1. The molecule has 0 spiro atoms. The second-order valence-corrected chi connectivity index (χ2v) is 4.39. The van der Waals surface area contributed by atoms with Gasteiger partial charge in [-0.25, -0.2) is 9.97 Å². The molecule has 0 saturated heterocycles. The van der Waals surface area contributed by atoms with Gasteiger partial charge in [0.05, 0.1) is 14.2 Å². The first-order valence-electron chi connectivity index (χ1n) is 6.45. The molecule has 0 unspecified atom stereocenters. The summed E-state index contributed by atoms with van der Waals surface area (Å²) in [6, 6.07) is 8.59. The molecule has 1 aromatic carbocycles. The van der Waals surface area contributed by atoms with E-state index in [0.717, 1.165) is 5.39 Å². The van der Waals surface area contributed by atoms with Gasteiger partial charge in [0.15, 0.2) is 17.1 Å². The van der Waals surface area contributed by atoms with Crippen LogP contribution in [0.4, 0.5) is 5.82 Å². The Morgan fingerprint density at radius 1 is 1.18 bits per heavy atom. The van der Waals surface area contributed by atoms with E-state index in [4.69, 9.17) is 13.9 Å². The zero-order valence-electron chi connectivity index (χ0n) is 12.0. The molecule has 0 radical (unpaired) electrons. The normalized spacial score (nSPS) is 10.5. The number of nitrogens with zero attached hydrogens (tertiary/aromatic N) is 2. The third-order valence-corrected chi connectivity index (χ3v) is 3.04. The number of aromatic nitrogens is 2. The molecule has 112 valence electrons. The Kier molecular flexibility index (Phi) is 3.61. The SMILES string of the molecule is COc1cc(NC(=O)c2cc3cccc(OC)c3o2)ncn1. The van der Waals surface area contributed by atoms with Crippen LogP contribution in [0, 0.1) is 0 Å². The Labute approximate surface area is 125 Å². The van der Waals surface area contributed by atoms with Crippen molar-refractivity contribution in [2.45, 2.75) is 0 Å². The fourth-order valence-electron chi connectivity index (χ4n) is 2.01. The molecule has 3 rings (SSSR count). The molecule has 0 aliphatic carbocycles. The third kappa shape index (κ3) is 2.56. The van der Waals surface area contributed by atoms with E-state index in [0.29, 0.717) is 23.0 Å². The Balaban J connectivity index is 1.88. The van der Waals surface area contributed by atoms with E-state index in [1.54, 1.807) is 19.2 Å². The smallest absolute Gasteiger partial charge is 0.292 e. The van der Waals surface area contributed by atoms with Crippen LogP contribution >= 0.6 is 0 Å². The van der Waals surface area contributed by atoms with Crippen molar-refractivity contribution >= 4 is 22.7 Å². The first-order chi connectivity index (χ1) is 10.7. The summed E-state index contributed by atoms with van der Waals surface area (Å²) in [6.07, 6.45) is 1.30. The lowest BCUT2D eigenvalue weighted by atomic mass is 10.2. The predicted octanol–water partition coefficient (Wildman–Crippen LogP) is 2.49. The van der Waals surface area contributed by atoms with Crippen molar-refractivity contribution in [3.05, 3.63) is 42.4 Å². The van der Waals surface area contributed by atoms with E-state index in [-0.39, 0.29) is 5.76 Å². The molecular weight excluding hydrogens is 286 g/mol. The first-order valence-corrected chi connectivity index (χ1v) is 6.45. The highest BCUT2D eigenvalue weighted by molar-refractivity contribution is 6.04. The van der Waals surface area contributed by atoms with E-state index >= 15 is 0 Å². The van der Waals surface area contributed by atoms with Gasteiger partial charge in [0.25, 0.3) is 5.91 Å². The van der Waals surface area contributed by atoms with Crippen LogP contribution in [0.2, 0.25) is 0 Å². The molecule has 0 fully saturated rings. The van der Waals surface area contributed by atoms with E-state index in [1.807, 2.05) is 12.1 Å². The maximum Gasteiger partial charge on any atom is 0.292 e. The highest BCUT2D eigenvalue weighted by Crippen LogP contribution is 2.28. The van der Waals surface area contributed by atoms with Crippen molar-refractivity contribution < 1.29 is 18.7 Å². The zero-order valence-corrected chi connectivity index (χ0v) is 12.0. The number of rotatable bonds is 4. The fourth-order valence-corrected chi connectivity index (χ4v) is 2.01. The summed E-state index contributed by atoms with van der Waals surface area (Å²) in [5.74, 6) is 0.997. The topological polar surface area (TPSA) is 86.5 Å². The van der Waals surface area contributed by atoms with E-state index < -0.39 is 5.91 Å². The Hall–Kier alpha value is -3.09. The lowest BCUT2D eigenvalue weighted by Gasteiger charge is -2.03. The molecule has 22 heavy (non-hydrogen) atoms. The number of carbonyl (C=O) groups excluding carboxylic acids is 1. The number of nitrogens with one attached hydrogen (secondary N) is 1. The summed E-state index contributed by atoms with van der Waals surface area (Å²) >= 11 is 0. The zero-order chi connectivity index (χ0) is 15.5. The first kappa shape index (κ1) is 13.9. The van der Waals surface area contributed by atoms with Gasteiger partial charge in [-0.05, 0) is 12.1 Å². The second-order valence-electron chi connectivity index (χ2n) is 4.39. The van der Waals surface area contributed by atoms with Crippen LogP contribution < -0.4 is 14.8 Å². The lowest BCUT2D eigenvalue weighted by Crippen LogP contribution is -2.12. The molecule has 3 aromatic rings. The van der Waals surface area contributed by atoms with Crippen molar-refractivity contribution in [2.24, 2.45) is 0 Å². The number of amides is 1. The molecule has 7 nitrogen and oxygen atoms in total. The standard InChI is InChI=1S/C15H13N3O4/c1-20-10-5-3-4-9-6-11(22-14(9)10)15(19)18-12-7-13(21-2)17-8-16-12/h3-8H,1-2H3,(H,16,17,18,19). The summed E-state index contributed by atoms with van der Waals surface area (Å²) in [7, 11) is 3.03. The van der Waals surface area contributed by atoms with Crippen molar-refractivity contribution in [3.63, 3.8) is 0 Å². The van der Waals surface area contributed by atoms with Crippen LogP contribution in [0.15, 0.2) is 41.1 Å². The van der Waals surface area contributed by atoms with Crippen molar-refractivity contribution in [1.82, 2.24) is 9.97 Å². The Morgan fingerprint density at radius 3 is 2.82 bits per heavy atom. The van der Waals surface area contributed by atoms with Gasteiger partial charge in [-0.2, -0.15) is 0 Å². The van der Waals surface area contributed by atoms with E-state index in [1.165, 1.54) is 19.5 Å². The third-order valence-electron chi connectivity index (χ3n) is 3.04. The quantitative estimate of drug-likeness (QED) is 0.796. The minimum Gasteiger partial charge on any atom is -0.493 e. The average molecular weight is 299 g/mol. The number of ether oxygens (including phenoxy) is 2. The van der Waals surface area contributed by atoms with Gasteiger partial charge in [0.2, 0.25) is 5.88 Å². The second kappa shape index (κ2) is 5.72. The summed E-state index contributed by atoms with van der Waals surface area (Å²) in [6.45, 7) is 0. The van der Waals surface area contributed by atoms with Gasteiger partial charge in [0.1, 0.15) is 12.1 Å². The predicted molar refractivity (Wildman–Crippen MR) is 79.3 cm³/mol. The molecule has 0 aliphatic heterocycles. The number of methoxy groups -OCH3 is 2. The number of fused-ring (bicyclic) bond motifs is 1. The molecule has 1 N–H and O–H groups in total. The summed E-state index contributed by atoms with van der Waals surface area (Å²) < 4.78 is 15.8. The van der Waals surface area contributed by atoms with Gasteiger partial charge >= 0.3 is 0 Å². The van der Waals surface area contributed by atoms with Crippen molar-refractivity contribution in [2.75, 3.05) is 19.5 Å². The molecule has 2 aromatic heterocycles. The Morgan fingerprint density at radius 2 is 2.05 bits per heavy atom. The number of hydrogen-bond acceptors (Lipinski definition) is 6. The molecule has 0 aliphatic rings. The van der Waals surface area contributed by atoms with Crippen LogP contribution in [-0.4, -0.2) is 30.1 Å². The van der Waals surface area contributed by atoms with Gasteiger partial charge in [-0.15, -0.1) is 0 Å². The maximum absolute atomic E-state index is 12.2. The van der Waals surface area contributed by atoms with E-state index in [9.17, 15) is 4.79 Å². The molecule has 0 bridgehead atoms. The van der Waals surface area contributed by atoms with Crippen molar-refractivity contribution in [3.8, 4) is 11.6 Å². The fraction of sp³-hybridized carbons (Fsp3) is 0.133. The molecule has 7 heteroatoms. The maximum atomic E-state index is 12.2. The van der Waals surface area contributed by atoms with Crippen LogP contribution in [-0.2, 0) is 0 Å². The lowest BCUT2D eigenvalue weighted by molar-refractivity contribution is 0.0998. The minimum atomic E-state index is -0.418. The van der Waals surface area contributed by atoms with Crippen LogP contribution in [0.25, 0.3) is 11.0 Å². The highest BCUT2D eigenvalue weighted by atomic mass is 16.5. The Bertz CT molecular complexity index is 829. The number of para-hydroxylation sites is 1. The summed E-state index contributed by atoms with van der Waals surface area (Å²) in [5.41, 5.74) is 0.524. The van der Waals surface area contributed by atoms with Gasteiger partial charge in [0, 0.05) is 11.5 Å².